The lowest BCUT2D eigenvalue weighted by Crippen LogP contribution is -2.16. The minimum absolute atomic E-state index is 0.0113. The Hall–Kier alpha value is -3.60. The number of amides is 2. The molecule has 0 saturated heterocycles. The Kier molecular flexibility index (Phi) is 5.45. The van der Waals surface area contributed by atoms with Gasteiger partial charge in [-0.2, -0.15) is 0 Å². The molecule has 0 aromatic heterocycles. The van der Waals surface area contributed by atoms with E-state index in [2.05, 4.69) is 10.6 Å². The van der Waals surface area contributed by atoms with E-state index in [1.807, 2.05) is 39.0 Å². The first-order valence-electron chi connectivity index (χ1n) is 8.93. The predicted octanol–water partition coefficient (Wildman–Crippen LogP) is 4.82. The normalized spacial score (nSPS) is 10.4. The molecule has 0 unspecified atom stereocenters. The summed E-state index contributed by atoms with van der Waals surface area (Å²) in [4.78, 5) is 25.2. The van der Waals surface area contributed by atoms with Crippen LogP contribution in [0.5, 0.6) is 5.75 Å². The van der Waals surface area contributed by atoms with Gasteiger partial charge in [0, 0.05) is 16.8 Å². The molecule has 2 amide bonds. The predicted molar refractivity (Wildman–Crippen MR) is 111 cm³/mol. The lowest BCUT2D eigenvalue weighted by molar-refractivity contribution is 0.102. The highest BCUT2D eigenvalue weighted by Gasteiger charge is 2.13. The first-order chi connectivity index (χ1) is 13.3. The van der Waals surface area contributed by atoms with Crippen molar-refractivity contribution in [1.29, 1.82) is 0 Å². The van der Waals surface area contributed by atoms with Crippen LogP contribution in [-0.4, -0.2) is 16.9 Å². The van der Waals surface area contributed by atoms with E-state index in [1.54, 1.807) is 30.3 Å². The van der Waals surface area contributed by atoms with Crippen LogP contribution in [0.3, 0.4) is 0 Å². The van der Waals surface area contributed by atoms with Crippen LogP contribution in [0.15, 0.2) is 60.7 Å². The number of carbonyl (C=O) groups excluding carboxylic acids is 2. The molecule has 5 heteroatoms. The Morgan fingerprint density at radius 3 is 1.89 bits per heavy atom. The van der Waals surface area contributed by atoms with Gasteiger partial charge in [-0.1, -0.05) is 24.3 Å². The zero-order chi connectivity index (χ0) is 20.3. The first-order valence-corrected chi connectivity index (χ1v) is 8.93. The van der Waals surface area contributed by atoms with Crippen molar-refractivity contribution in [3.05, 3.63) is 88.5 Å². The second-order valence-corrected chi connectivity index (χ2v) is 6.83. The van der Waals surface area contributed by atoms with Crippen LogP contribution in [0.4, 0.5) is 11.4 Å². The summed E-state index contributed by atoms with van der Waals surface area (Å²) < 4.78 is 0. The quantitative estimate of drug-likeness (QED) is 0.573. The molecule has 0 saturated carbocycles. The molecule has 0 aliphatic heterocycles. The molecule has 0 heterocycles. The molecular formula is C23H22N2O3. The van der Waals surface area contributed by atoms with Crippen LogP contribution < -0.4 is 10.6 Å². The third kappa shape index (κ3) is 4.38. The molecule has 28 heavy (non-hydrogen) atoms. The van der Waals surface area contributed by atoms with E-state index < -0.39 is 5.91 Å². The van der Waals surface area contributed by atoms with Crippen LogP contribution in [0.1, 0.15) is 37.4 Å². The summed E-state index contributed by atoms with van der Waals surface area (Å²) in [6.07, 6.45) is 0. The molecule has 0 aliphatic carbocycles. The molecule has 3 N–H and O–H groups in total. The maximum atomic E-state index is 12.6. The second-order valence-electron chi connectivity index (χ2n) is 6.83. The molecule has 3 aromatic carbocycles. The van der Waals surface area contributed by atoms with Crippen LogP contribution in [-0.2, 0) is 0 Å². The van der Waals surface area contributed by atoms with E-state index in [-0.39, 0.29) is 11.7 Å². The number of anilines is 2. The molecule has 0 radical (unpaired) electrons. The van der Waals surface area contributed by atoms with Gasteiger partial charge in [0.1, 0.15) is 5.75 Å². The van der Waals surface area contributed by atoms with Gasteiger partial charge in [-0.05, 0) is 73.9 Å². The highest BCUT2D eigenvalue weighted by Crippen LogP contribution is 2.24. The van der Waals surface area contributed by atoms with Crippen molar-refractivity contribution in [2.45, 2.75) is 20.8 Å². The van der Waals surface area contributed by atoms with Gasteiger partial charge in [0.2, 0.25) is 0 Å². The van der Waals surface area contributed by atoms with Gasteiger partial charge in [0.15, 0.2) is 0 Å². The Bertz CT molecular complexity index is 977. The van der Waals surface area contributed by atoms with Crippen molar-refractivity contribution >= 4 is 23.2 Å². The van der Waals surface area contributed by atoms with Gasteiger partial charge < -0.3 is 15.7 Å². The maximum Gasteiger partial charge on any atom is 0.255 e. The average Bonchev–Trinajstić information content (AvgIpc) is 2.67. The Balaban J connectivity index is 1.79. The number of nitrogens with one attached hydrogen (secondary N) is 2. The van der Waals surface area contributed by atoms with Crippen molar-refractivity contribution in [1.82, 2.24) is 0 Å². The summed E-state index contributed by atoms with van der Waals surface area (Å²) in [5.74, 6) is -0.702. The van der Waals surface area contributed by atoms with E-state index in [1.165, 1.54) is 12.1 Å². The van der Waals surface area contributed by atoms with Gasteiger partial charge in [0.05, 0.1) is 5.69 Å². The van der Waals surface area contributed by atoms with E-state index in [4.69, 9.17) is 0 Å². The van der Waals surface area contributed by atoms with Gasteiger partial charge in [0.25, 0.3) is 11.8 Å². The molecule has 3 rings (SSSR count). The third-order valence-electron chi connectivity index (χ3n) is 4.43. The Morgan fingerprint density at radius 2 is 1.25 bits per heavy atom. The number of benzene rings is 3. The molecular weight excluding hydrogens is 352 g/mol. The fourth-order valence-electron chi connectivity index (χ4n) is 2.81. The summed E-state index contributed by atoms with van der Waals surface area (Å²) in [6, 6.07) is 17.3. The van der Waals surface area contributed by atoms with Crippen molar-refractivity contribution in [3.63, 3.8) is 0 Å². The highest BCUT2D eigenvalue weighted by molar-refractivity contribution is 6.09. The molecule has 0 fully saturated rings. The topological polar surface area (TPSA) is 78.4 Å². The summed E-state index contributed by atoms with van der Waals surface area (Å²) in [5, 5.41) is 15.5. The zero-order valence-electron chi connectivity index (χ0n) is 16.0. The van der Waals surface area contributed by atoms with Crippen molar-refractivity contribution in [2.75, 3.05) is 10.6 Å². The lowest BCUT2D eigenvalue weighted by Gasteiger charge is -2.11. The van der Waals surface area contributed by atoms with E-state index in [9.17, 15) is 14.7 Å². The van der Waals surface area contributed by atoms with Crippen molar-refractivity contribution in [2.24, 2.45) is 0 Å². The van der Waals surface area contributed by atoms with Crippen LogP contribution in [0.25, 0.3) is 0 Å². The number of phenolic OH excluding ortho intramolecular Hbond substituents is 1. The Labute approximate surface area is 164 Å². The van der Waals surface area contributed by atoms with Crippen LogP contribution in [0.2, 0.25) is 0 Å². The molecule has 142 valence electrons. The molecule has 0 atom stereocenters. The zero-order valence-corrected chi connectivity index (χ0v) is 16.0. The monoisotopic (exact) mass is 374 g/mol. The molecule has 0 spiro atoms. The number of phenols is 1. The number of aryl methyl sites for hydroxylation is 3. The molecule has 0 bridgehead atoms. The van der Waals surface area contributed by atoms with Gasteiger partial charge >= 0.3 is 0 Å². The first kappa shape index (κ1) is 19.2. The van der Waals surface area contributed by atoms with E-state index >= 15 is 0 Å². The van der Waals surface area contributed by atoms with Gasteiger partial charge in [-0.25, -0.2) is 0 Å². The average molecular weight is 374 g/mol. The minimum atomic E-state index is -0.401. The van der Waals surface area contributed by atoms with Crippen LogP contribution >= 0.6 is 0 Å². The third-order valence-corrected chi connectivity index (χ3v) is 4.43. The lowest BCUT2D eigenvalue weighted by atomic mass is 10.1. The standard InChI is InChI=1S/C23H22N2O3/c1-14-7-9-16(3)19(11-14)24-22(27)17-5-4-6-18(13-17)23(28)25-20-12-15(2)8-10-21(20)26/h4-13,26H,1-3H3,(H,24,27)(H,25,28). The van der Waals surface area contributed by atoms with E-state index in [0.717, 1.165) is 22.4 Å². The minimum Gasteiger partial charge on any atom is -0.506 e. The maximum absolute atomic E-state index is 12.6. The second kappa shape index (κ2) is 7.96. The smallest absolute Gasteiger partial charge is 0.255 e. The summed E-state index contributed by atoms with van der Waals surface area (Å²) >= 11 is 0. The van der Waals surface area contributed by atoms with E-state index in [0.29, 0.717) is 16.8 Å². The molecule has 0 aliphatic rings. The number of carbonyl (C=O) groups is 2. The Morgan fingerprint density at radius 1 is 0.714 bits per heavy atom. The van der Waals surface area contributed by atoms with Gasteiger partial charge in [-0.15, -0.1) is 0 Å². The largest absolute Gasteiger partial charge is 0.506 e. The summed E-state index contributed by atoms with van der Waals surface area (Å²) in [6.45, 7) is 5.75. The number of hydrogen-bond acceptors (Lipinski definition) is 3. The fourth-order valence-corrected chi connectivity index (χ4v) is 2.81. The number of rotatable bonds is 4. The number of aromatic hydroxyl groups is 1. The van der Waals surface area contributed by atoms with Crippen molar-refractivity contribution < 1.29 is 14.7 Å². The molecule has 3 aromatic rings. The van der Waals surface area contributed by atoms with Gasteiger partial charge in [-0.3, -0.25) is 9.59 Å². The fraction of sp³-hybridized carbons (Fsp3) is 0.130. The SMILES string of the molecule is Cc1ccc(C)c(NC(=O)c2cccc(C(=O)Nc3cc(C)ccc3O)c2)c1. The summed E-state index contributed by atoms with van der Waals surface area (Å²) in [5.41, 5.74) is 4.70. The highest BCUT2D eigenvalue weighted by atomic mass is 16.3. The molecule has 5 nitrogen and oxygen atoms in total. The summed E-state index contributed by atoms with van der Waals surface area (Å²) in [7, 11) is 0. The van der Waals surface area contributed by atoms with Crippen LogP contribution in [0, 0.1) is 20.8 Å². The van der Waals surface area contributed by atoms with Crippen molar-refractivity contribution in [3.8, 4) is 5.75 Å². The number of hydrogen-bond donors (Lipinski definition) is 3.